The number of nitrogens with one attached hydrogen (secondary N) is 2. The van der Waals surface area contributed by atoms with E-state index in [1.54, 1.807) is 11.0 Å². The molecular formula is C19H24N4O5. The lowest BCUT2D eigenvalue weighted by Crippen LogP contribution is -2.44. The van der Waals surface area contributed by atoms with Crippen molar-refractivity contribution in [1.29, 1.82) is 0 Å². The molecule has 2 amide bonds. The number of carbonyl (C=O) groups excluding carboxylic acids is 2. The monoisotopic (exact) mass is 388 g/mol. The van der Waals surface area contributed by atoms with Crippen molar-refractivity contribution in [2.75, 3.05) is 19.6 Å². The Bertz CT molecular complexity index is 957. The van der Waals surface area contributed by atoms with Gasteiger partial charge >= 0.3 is 5.69 Å². The average molecular weight is 388 g/mol. The minimum atomic E-state index is -0.521. The molecule has 0 spiro atoms. The maximum Gasteiger partial charge on any atom is 0.328 e. The number of amides is 2. The molecule has 1 aliphatic heterocycles. The van der Waals surface area contributed by atoms with E-state index >= 15 is 0 Å². The Morgan fingerprint density at radius 2 is 2.14 bits per heavy atom. The number of aryl methyl sites for hydroxylation is 2. The number of aromatic amines is 1. The number of nitrogens with zero attached hydrogens (tertiary/aromatic N) is 2. The van der Waals surface area contributed by atoms with Crippen LogP contribution in [0.1, 0.15) is 35.4 Å². The first-order valence-electron chi connectivity index (χ1n) is 9.34. The van der Waals surface area contributed by atoms with Crippen molar-refractivity contribution in [3.63, 3.8) is 0 Å². The van der Waals surface area contributed by atoms with Gasteiger partial charge in [0.1, 0.15) is 0 Å². The zero-order valence-corrected chi connectivity index (χ0v) is 15.8. The van der Waals surface area contributed by atoms with Crippen LogP contribution in [0.5, 0.6) is 0 Å². The van der Waals surface area contributed by atoms with Crippen LogP contribution in [0.4, 0.5) is 0 Å². The quantitative estimate of drug-likeness (QED) is 0.747. The third-order valence-electron chi connectivity index (χ3n) is 4.95. The highest BCUT2D eigenvalue weighted by atomic mass is 16.3. The van der Waals surface area contributed by atoms with Gasteiger partial charge in [0.25, 0.3) is 11.5 Å². The van der Waals surface area contributed by atoms with Crippen LogP contribution in [0.2, 0.25) is 0 Å². The molecule has 9 nitrogen and oxygen atoms in total. The summed E-state index contributed by atoms with van der Waals surface area (Å²) in [5.41, 5.74) is -0.193. The number of hydrogen-bond acceptors (Lipinski definition) is 5. The van der Waals surface area contributed by atoms with Crippen LogP contribution in [0.15, 0.2) is 38.6 Å². The van der Waals surface area contributed by atoms with Crippen LogP contribution in [0.3, 0.4) is 0 Å². The van der Waals surface area contributed by atoms with Gasteiger partial charge in [0.2, 0.25) is 5.91 Å². The normalized spacial score (nSPS) is 16.8. The molecule has 1 aliphatic rings. The van der Waals surface area contributed by atoms with Gasteiger partial charge in [-0.15, -0.1) is 0 Å². The van der Waals surface area contributed by atoms with E-state index < -0.39 is 11.2 Å². The predicted molar refractivity (Wildman–Crippen MR) is 101 cm³/mol. The Labute approximate surface area is 161 Å². The van der Waals surface area contributed by atoms with Crippen LogP contribution in [0, 0.1) is 12.8 Å². The van der Waals surface area contributed by atoms with Crippen molar-refractivity contribution >= 4 is 11.8 Å². The van der Waals surface area contributed by atoms with Crippen LogP contribution < -0.4 is 16.6 Å². The number of H-pyrrole nitrogens is 1. The molecular weight excluding hydrogens is 364 g/mol. The summed E-state index contributed by atoms with van der Waals surface area (Å²) >= 11 is 0. The van der Waals surface area contributed by atoms with E-state index in [9.17, 15) is 19.2 Å². The second-order valence-corrected chi connectivity index (χ2v) is 7.04. The summed E-state index contributed by atoms with van der Waals surface area (Å²) in [6, 6.07) is 3.00. The lowest BCUT2D eigenvalue weighted by Gasteiger charge is -2.33. The van der Waals surface area contributed by atoms with Gasteiger partial charge in [-0.3, -0.25) is 19.4 Å². The molecule has 0 bridgehead atoms. The number of carbonyl (C=O) groups is 2. The second-order valence-electron chi connectivity index (χ2n) is 7.04. The van der Waals surface area contributed by atoms with E-state index in [-0.39, 0.29) is 30.7 Å². The molecule has 2 aromatic heterocycles. The summed E-state index contributed by atoms with van der Waals surface area (Å²) < 4.78 is 6.50. The smallest absolute Gasteiger partial charge is 0.328 e. The van der Waals surface area contributed by atoms with Crippen LogP contribution in [0.25, 0.3) is 0 Å². The zero-order chi connectivity index (χ0) is 20.1. The third kappa shape index (κ3) is 4.79. The van der Waals surface area contributed by atoms with E-state index in [0.717, 1.165) is 18.4 Å². The van der Waals surface area contributed by atoms with E-state index in [1.807, 2.05) is 6.92 Å². The van der Waals surface area contributed by atoms with E-state index in [4.69, 9.17) is 4.42 Å². The maximum absolute atomic E-state index is 12.5. The highest BCUT2D eigenvalue weighted by molar-refractivity contribution is 5.92. The number of furan rings is 1. The fraction of sp³-hybridized carbons (Fsp3) is 0.474. The minimum absolute atomic E-state index is 0.0454. The van der Waals surface area contributed by atoms with Gasteiger partial charge in [-0.1, -0.05) is 0 Å². The minimum Gasteiger partial charge on any atom is -0.459 e. The standard InChI is InChI=1S/C19H24N4O5/c1-13-6-10-28-17(13)18(26)20-11-14-3-2-7-23(12-14)16(25)5-9-22-8-4-15(24)21-19(22)27/h4,6,8,10,14H,2-3,5,7,9,11-12H2,1H3,(H,20,26)(H,21,24,27). The molecule has 1 saturated heterocycles. The first kappa shape index (κ1) is 19.7. The van der Waals surface area contributed by atoms with Crippen LogP contribution in [-0.2, 0) is 11.3 Å². The molecule has 28 heavy (non-hydrogen) atoms. The van der Waals surface area contributed by atoms with E-state index in [2.05, 4.69) is 10.3 Å². The van der Waals surface area contributed by atoms with Crippen LogP contribution in [-0.4, -0.2) is 45.9 Å². The second kappa shape index (κ2) is 8.73. The number of hydrogen-bond donors (Lipinski definition) is 2. The number of rotatable bonds is 6. The average Bonchev–Trinajstić information content (AvgIpc) is 3.11. The molecule has 1 unspecified atom stereocenters. The molecule has 3 rings (SSSR count). The molecule has 9 heteroatoms. The highest BCUT2D eigenvalue weighted by Crippen LogP contribution is 2.17. The van der Waals surface area contributed by atoms with Crippen LogP contribution >= 0.6 is 0 Å². The number of likely N-dealkylation sites (tertiary alicyclic amines) is 1. The van der Waals surface area contributed by atoms with Gasteiger partial charge in [0.15, 0.2) is 5.76 Å². The number of piperidine rings is 1. The summed E-state index contributed by atoms with van der Waals surface area (Å²) in [6.07, 6.45) is 4.85. The summed E-state index contributed by atoms with van der Waals surface area (Å²) in [4.78, 5) is 51.4. The predicted octanol–water partition coefficient (Wildman–Crippen LogP) is 0.497. The van der Waals surface area contributed by atoms with Crippen molar-refractivity contribution in [3.8, 4) is 0 Å². The third-order valence-corrected chi connectivity index (χ3v) is 4.95. The van der Waals surface area contributed by atoms with Crippen molar-refractivity contribution in [2.45, 2.75) is 32.7 Å². The summed E-state index contributed by atoms with van der Waals surface area (Å²) in [6.45, 7) is 3.73. The molecule has 1 fully saturated rings. The van der Waals surface area contributed by atoms with Gasteiger partial charge in [0.05, 0.1) is 6.26 Å². The molecule has 2 N–H and O–H groups in total. The van der Waals surface area contributed by atoms with Gasteiger partial charge in [-0.25, -0.2) is 4.79 Å². The summed E-state index contributed by atoms with van der Waals surface area (Å²) in [7, 11) is 0. The lowest BCUT2D eigenvalue weighted by atomic mass is 9.97. The van der Waals surface area contributed by atoms with Gasteiger partial charge in [-0.2, -0.15) is 0 Å². The first-order chi connectivity index (χ1) is 13.4. The highest BCUT2D eigenvalue weighted by Gasteiger charge is 2.24. The Kier molecular flexibility index (Phi) is 6.13. The fourth-order valence-corrected chi connectivity index (χ4v) is 3.38. The largest absolute Gasteiger partial charge is 0.459 e. The Hall–Kier alpha value is -3.10. The first-order valence-corrected chi connectivity index (χ1v) is 9.34. The lowest BCUT2D eigenvalue weighted by molar-refractivity contribution is -0.133. The molecule has 0 aromatic carbocycles. The Morgan fingerprint density at radius 1 is 1.32 bits per heavy atom. The fourth-order valence-electron chi connectivity index (χ4n) is 3.38. The molecule has 2 aromatic rings. The van der Waals surface area contributed by atoms with Crippen molar-refractivity contribution in [1.82, 2.24) is 19.8 Å². The molecule has 0 radical (unpaired) electrons. The molecule has 1 atom stereocenters. The summed E-state index contributed by atoms with van der Waals surface area (Å²) in [5.74, 6) is 0.196. The van der Waals surface area contributed by atoms with Gasteiger partial charge in [-0.05, 0) is 31.7 Å². The van der Waals surface area contributed by atoms with Crippen molar-refractivity contribution in [2.24, 2.45) is 5.92 Å². The topological polar surface area (TPSA) is 117 Å². The van der Waals surface area contributed by atoms with Gasteiger partial charge in [0, 0.05) is 50.4 Å². The van der Waals surface area contributed by atoms with E-state index in [0.29, 0.717) is 25.4 Å². The van der Waals surface area contributed by atoms with Crippen molar-refractivity contribution < 1.29 is 14.0 Å². The molecule has 0 aliphatic carbocycles. The van der Waals surface area contributed by atoms with Gasteiger partial charge < -0.3 is 19.2 Å². The van der Waals surface area contributed by atoms with Crippen molar-refractivity contribution in [3.05, 3.63) is 56.8 Å². The molecule has 150 valence electrons. The summed E-state index contributed by atoms with van der Waals surface area (Å²) in [5, 5.41) is 2.88. The Morgan fingerprint density at radius 3 is 2.86 bits per heavy atom. The maximum atomic E-state index is 12.5. The van der Waals surface area contributed by atoms with E-state index in [1.165, 1.54) is 23.1 Å². The number of aromatic nitrogens is 2. The molecule has 0 saturated carbocycles. The Balaban J connectivity index is 1.49. The molecule has 3 heterocycles. The zero-order valence-electron chi connectivity index (χ0n) is 15.8. The SMILES string of the molecule is Cc1ccoc1C(=O)NCC1CCCN(C(=O)CCn2ccc(=O)[nH]c2=O)C1.